The first kappa shape index (κ1) is 11.9. The van der Waals surface area contributed by atoms with Gasteiger partial charge in [-0.25, -0.2) is 0 Å². The molecule has 0 saturated carbocycles. The van der Waals surface area contributed by atoms with Crippen molar-refractivity contribution in [3.05, 3.63) is 0 Å². The topological polar surface area (TPSA) is 44.4 Å². The van der Waals surface area contributed by atoms with E-state index < -0.39 is 0 Å². The second-order valence-electron chi connectivity index (χ2n) is 6.04. The molecule has 0 aromatic rings. The Morgan fingerprint density at radius 2 is 2.00 bits per heavy atom. The van der Waals surface area contributed by atoms with Crippen LogP contribution in [0.4, 0.5) is 0 Å². The predicted octanol–water partition coefficient (Wildman–Crippen LogP) is 0.0523. The zero-order valence-electron chi connectivity index (χ0n) is 10.5. The van der Waals surface area contributed by atoms with Crippen LogP contribution in [0.25, 0.3) is 0 Å². The zero-order chi connectivity index (χ0) is 11.8. The van der Waals surface area contributed by atoms with Crippen molar-refractivity contribution in [2.75, 3.05) is 32.7 Å². The highest BCUT2D eigenvalue weighted by atomic mass is 16.2. The Kier molecular flexibility index (Phi) is 3.22. The molecule has 0 aromatic heterocycles. The Morgan fingerprint density at radius 3 is 2.44 bits per heavy atom. The molecule has 0 aromatic carbocycles. The third kappa shape index (κ3) is 2.55. The van der Waals surface area contributed by atoms with Crippen molar-refractivity contribution in [3.8, 4) is 0 Å². The van der Waals surface area contributed by atoms with E-state index in [2.05, 4.69) is 36.3 Å². The van der Waals surface area contributed by atoms with Crippen molar-refractivity contribution in [2.24, 2.45) is 11.8 Å². The minimum absolute atomic E-state index is 0.221. The maximum Gasteiger partial charge on any atom is 0.225 e. The third-order valence-corrected chi connectivity index (χ3v) is 3.62. The molecule has 0 aliphatic carbocycles. The number of rotatable bonds is 3. The summed E-state index contributed by atoms with van der Waals surface area (Å²) in [6.45, 7) is 11.5. The first-order valence-electron chi connectivity index (χ1n) is 6.20. The molecule has 2 N–H and O–H groups in total. The zero-order valence-corrected chi connectivity index (χ0v) is 10.5. The lowest BCUT2D eigenvalue weighted by atomic mass is 9.92. The summed E-state index contributed by atoms with van der Waals surface area (Å²) in [7, 11) is 0. The summed E-state index contributed by atoms with van der Waals surface area (Å²) in [5.41, 5.74) is 0.276. The molecule has 0 radical (unpaired) electrons. The summed E-state index contributed by atoms with van der Waals surface area (Å²) >= 11 is 0. The van der Waals surface area contributed by atoms with Gasteiger partial charge in [-0.05, 0) is 20.8 Å². The van der Waals surface area contributed by atoms with E-state index in [0.29, 0.717) is 5.92 Å². The van der Waals surface area contributed by atoms with Gasteiger partial charge in [0, 0.05) is 44.2 Å². The molecule has 4 heteroatoms. The number of carbonyl (C=O) groups excluding carboxylic acids is 1. The first-order chi connectivity index (χ1) is 7.47. The number of nitrogens with zero attached hydrogens (tertiary/aromatic N) is 1. The molecule has 4 nitrogen and oxygen atoms in total. The standard InChI is InChI=1S/C12H23N3O/c1-12(2,3)15-7-9(8-15)4-14-11(16)10-5-13-6-10/h9-10,13H,4-8H2,1-3H3,(H,14,16). The second-order valence-corrected chi connectivity index (χ2v) is 6.04. The van der Waals surface area contributed by atoms with E-state index >= 15 is 0 Å². The molecule has 1 amide bonds. The van der Waals surface area contributed by atoms with Gasteiger partial charge in [0.1, 0.15) is 0 Å². The molecule has 2 fully saturated rings. The molecule has 0 atom stereocenters. The van der Waals surface area contributed by atoms with E-state index in [1.807, 2.05) is 0 Å². The highest BCUT2D eigenvalue weighted by Gasteiger charge is 2.34. The lowest BCUT2D eigenvalue weighted by molar-refractivity contribution is -0.127. The van der Waals surface area contributed by atoms with Crippen molar-refractivity contribution >= 4 is 5.91 Å². The van der Waals surface area contributed by atoms with Crippen LogP contribution in [0.5, 0.6) is 0 Å². The first-order valence-corrected chi connectivity index (χ1v) is 6.20. The average Bonchev–Trinajstić information content (AvgIpc) is 1.94. The van der Waals surface area contributed by atoms with Gasteiger partial charge in [0.2, 0.25) is 5.91 Å². The number of amides is 1. The lowest BCUT2D eigenvalue weighted by Crippen LogP contribution is -2.59. The van der Waals surface area contributed by atoms with Gasteiger partial charge in [0.15, 0.2) is 0 Å². The quantitative estimate of drug-likeness (QED) is 0.713. The monoisotopic (exact) mass is 225 g/mol. The van der Waals surface area contributed by atoms with Gasteiger partial charge >= 0.3 is 0 Å². The Balaban J connectivity index is 1.61. The largest absolute Gasteiger partial charge is 0.355 e. The summed E-state index contributed by atoms with van der Waals surface area (Å²) in [6, 6.07) is 0. The Morgan fingerprint density at radius 1 is 1.38 bits per heavy atom. The average molecular weight is 225 g/mol. The fraction of sp³-hybridized carbons (Fsp3) is 0.917. The number of carbonyl (C=O) groups is 1. The van der Waals surface area contributed by atoms with Gasteiger partial charge in [-0.15, -0.1) is 0 Å². The van der Waals surface area contributed by atoms with Crippen molar-refractivity contribution in [1.82, 2.24) is 15.5 Å². The molecular weight excluding hydrogens is 202 g/mol. The predicted molar refractivity (Wildman–Crippen MR) is 64.2 cm³/mol. The van der Waals surface area contributed by atoms with E-state index in [4.69, 9.17) is 0 Å². The molecule has 0 spiro atoms. The Hall–Kier alpha value is -0.610. The van der Waals surface area contributed by atoms with Crippen LogP contribution in [0.15, 0.2) is 0 Å². The highest BCUT2D eigenvalue weighted by Crippen LogP contribution is 2.24. The number of nitrogens with one attached hydrogen (secondary N) is 2. The van der Waals surface area contributed by atoms with Crippen LogP contribution in [-0.4, -0.2) is 49.1 Å². The summed E-state index contributed by atoms with van der Waals surface area (Å²) in [4.78, 5) is 14.0. The molecule has 2 heterocycles. The molecular formula is C12H23N3O. The normalized spacial score (nSPS) is 23.7. The number of hydrogen-bond donors (Lipinski definition) is 2. The molecule has 2 aliphatic heterocycles. The Bertz CT molecular complexity index is 262. The smallest absolute Gasteiger partial charge is 0.225 e. The van der Waals surface area contributed by atoms with Crippen LogP contribution in [0, 0.1) is 11.8 Å². The second kappa shape index (κ2) is 4.34. The third-order valence-electron chi connectivity index (χ3n) is 3.62. The molecule has 2 saturated heterocycles. The molecule has 0 unspecified atom stereocenters. The van der Waals surface area contributed by atoms with Crippen LogP contribution < -0.4 is 10.6 Å². The highest BCUT2D eigenvalue weighted by molar-refractivity contribution is 5.79. The van der Waals surface area contributed by atoms with Crippen LogP contribution in [-0.2, 0) is 4.79 Å². The van der Waals surface area contributed by atoms with Crippen LogP contribution in [0.1, 0.15) is 20.8 Å². The molecule has 92 valence electrons. The van der Waals surface area contributed by atoms with Crippen molar-refractivity contribution in [3.63, 3.8) is 0 Å². The summed E-state index contributed by atoms with van der Waals surface area (Å²) in [5.74, 6) is 1.10. The lowest BCUT2D eigenvalue weighted by Gasteiger charge is -2.48. The van der Waals surface area contributed by atoms with Crippen LogP contribution >= 0.6 is 0 Å². The summed E-state index contributed by atoms with van der Waals surface area (Å²) in [6.07, 6.45) is 0. The van der Waals surface area contributed by atoms with Crippen molar-refractivity contribution in [2.45, 2.75) is 26.3 Å². The van der Waals surface area contributed by atoms with E-state index in [0.717, 1.165) is 32.7 Å². The van der Waals surface area contributed by atoms with Crippen LogP contribution in [0.2, 0.25) is 0 Å². The summed E-state index contributed by atoms with van der Waals surface area (Å²) in [5, 5.41) is 6.17. The van der Waals surface area contributed by atoms with Gasteiger partial charge in [-0.2, -0.15) is 0 Å². The van der Waals surface area contributed by atoms with Gasteiger partial charge in [0.05, 0.1) is 5.92 Å². The summed E-state index contributed by atoms with van der Waals surface area (Å²) < 4.78 is 0. The van der Waals surface area contributed by atoms with E-state index in [1.54, 1.807) is 0 Å². The van der Waals surface area contributed by atoms with Gasteiger partial charge < -0.3 is 10.6 Å². The van der Waals surface area contributed by atoms with Gasteiger partial charge in [-0.3, -0.25) is 9.69 Å². The molecule has 16 heavy (non-hydrogen) atoms. The SMILES string of the molecule is CC(C)(C)N1CC(CNC(=O)C2CNC2)C1. The fourth-order valence-electron chi connectivity index (χ4n) is 2.11. The van der Waals surface area contributed by atoms with Crippen molar-refractivity contribution in [1.29, 1.82) is 0 Å². The minimum Gasteiger partial charge on any atom is -0.355 e. The molecule has 2 aliphatic rings. The van der Waals surface area contributed by atoms with Gasteiger partial charge in [0.25, 0.3) is 0 Å². The molecule has 0 bridgehead atoms. The fourth-order valence-corrected chi connectivity index (χ4v) is 2.11. The maximum absolute atomic E-state index is 11.6. The van der Waals surface area contributed by atoms with E-state index in [9.17, 15) is 4.79 Å². The van der Waals surface area contributed by atoms with Crippen molar-refractivity contribution < 1.29 is 4.79 Å². The van der Waals surface area contributed by atoms with Gasteiger partial charge in [-0.1, -0.05) is 0 Å². The maximum atomic E-state index is 11.6. The number of hydrogen-bond acceptors (Lipinski definition) is 3. The number of likely N-dealkylation sites (tertiary alicyclic amines) is 1. The van der Waals surface area contributed by atoms with E-state index in [1.165, 1.54) is 0 Å². The Labute approximate surface area is 97.8 Å². The van der Waals surface area contributed by atoms with E-state index in [-0.39, 0.29) is 17.4 Å². The molecule has 2 rings (SSSR count). The minimum atomic E-state index is 0.221. The van der Waals surface area contributed by atoms with Crippen LogP contribution in [0.3, 0.4) is 0 Å².